The molecule has 1 aromatic heterocycles. The van der Waals surface area contributed by atoms with Gasteiger partial charge in [-0.1, -0.05) is 22.0 Å². The number of morpholine rings is 1. The maximum Gasteiger partial charge on any atom is 0.256 e. The van der Waals surface area contributed by atoms with Gasteiger partial charge < -0.3 is 9.64 Å². The summed E-state index contributed by atoms with van der Waals surface area (Å²) in [6.45, 7) is 1.78. The van der Waals surface area contributed by atoms with Crippen molar-refractivity contribution >= 4 is 32.9 Å². The van der Waals surface area contributed by atoms with E-state index in [1.807, 2.05) is 17.0 Å². The Kier molecular flexibility index (Phi) is 3.93. The number of aromatic nitrogens is 2. The van der Waals surface area contributed by atoms with E-state index in [1.54, 1.807) is 18.5 Å². The fourth-order valence-corrected chi connectivity index (χ4v) is 2.72. The second-order valence-electron chi connectivity index (χ2n) is 4.63. The molecule has 0 saturated carbocycles. The zero-order chi connectivity index (χ0) is 13.9. The van der Waals surface area contributed by atoms with Crippen LogP contribution in [0.1, 0.15) is 10.4 Å². The fraction of sp³-hybridized carbons (Fsp3) is 0.357. The maximum atomic E-state index is 12.7. The van der Waals surface area contributed by atoms with Gasteiger partial charge in [0, 0.05) is 30.8 Å². The van der Waals surface area contributed by atoms with Crippen LogP contribution < -0.4 is 0 Å². The first-order valence-corrected chi connectivity index (χ1v) is 7.58. The Morgan fingerprint density at radius 1 is 1.40 bits per heavy atom. The van der Waals surface area contributed by atoms with E-state index in [1.165, 1.54) is 0 Å². The molecule has 0 bridgehead atoms. The van der Waals surface area contributed by atoms with Crippen molar-refractivity contribution in [3.05, 3.63) is 36.2 Å². The van der Waals surface area contributed by atoms with E-state index in [0.717, 1.165) is 10.8 Å². The molecule has 2 aromatic rings. The lowest BCUT2D eigenvalue weighted by Crippen LogP contribution is -2.46. The Morgan fingerprint density at radius 3 is 3.10 bits per heavy atom. The molecule has 0 radical (unpaired) electrons. The van der Waals surface area contributed by atoms with Crippen LogP contribution in [-0.2, 0) is 4.74 Å². The van der Waals surface area contributed by atoms with Gasteiger partial charge in [-0.3, -0.25) is 14.8 Å². The maximum absolute atomic E-state index is 12.7. The Hall–Kier alpha value is -1.53. The average molecular weight is 336 g/mol. The summed E-state index contributed by atoms with van der Waals surface area (Å²) in [5, 5.41) is 0.728. The second-order valence-corrected chi connectivity index (χ2v) is 5.28. The van der Waals surface area contributed by atoms with E-state index in [0.29, 0.717) is 30.8 Å². The lowest BCUT2D eigenvalue weighted by Gasteiger charge is -2.32. The minimum absolute atomic E-state index is 0.00894. The van der Waals surface area contributed by atoms with Crippen LogP contribution in [-0.4, -0.2) is 51.9 Å². The molecule has 3 rings (SSSR count). The van der Waals surface area contributed by atoms with Gasteiger partial charge in [-0.15, -0.1) is 0 Å². The second kappa shape index (κ2) is 5.85. The molecule has 104 valence electrons. The van der Waals surface area contributed by atoms with Gasteiger partial charge in [-0.2, -0.15) is 0 Å². The first-order valence-electron chi connectivity index (χ1n) is 6.46. The zero-order valence-electron chi connectivity index (χ0n) is 10.8. The van der Waals surface area contributed by atoms with Gasteiger partial charge in [-0.05, 0) is 12.1 Å². The summed E-state index contributed by atoms with van der Waals surface area (Å²) in [5.41, 5.74) is 2.00. The molecule has 0 N–H and O–H groups in total. The lowest BCUT2D eigenvalue weighted by atomic mass is 10.1. The number of alkyl halides is 1. The Morgan fingerprint density at radius 2 is 2.25 bits per heavy atom. The standard InChI is InChI=1S/C14H14BrN3O2/c15-8-10-9-18(6-7-20-10)14(19)11-2-1-3-12-13(11)17-5-4-16-12/h1-5,10H,6-9H2. The molecule has 1 saturated heterocycles. The first-order chi connectivity index (χ1) is 9.79. The van der Waals surface area contributed by atoms with Crippen LogP contribution in [0, 0.1) is 0 Å². The largest absolute Gasteiger partial charge is 0.374 e. The molecule has 0 aliphatic carbocycles. The van der Waals surface area contributed by atoms with E-state index in [-0.39, 0.29) is 12.0 Å². The quantitative estimate of drug-likeness (QED) is 0.786. The molecule has 5 nitrogen and oxygen atoms in total. The van der Waals surface area contributed by atoms with Crippen LogP contribution in [0.4, 0.5) is 0 Å². The molecule has 20 heavy (non-hydrogen) atoms. The Balaban J connectivity index is 1.92. The third-order valence-corrected chi connectivity index (χ3v) is 4.05. The van der Waals surface area contributed by atoms with Crippen LogP contribution in [0.5, 0.6) is 0 Å². The highest BCUT2D eigenvalue weighted by Crippen LogP contribution is 2.18. The summed E-state index contributed by atoms with van der Waals surface area (Å²) >= 11 is 3.40. The monoisotopic (exact) mass is 335 g/mol. The van der Waals surface area contributed by atoms with Gasteiger partial charge in [0.1, 0.15) is 5.52 Å². The minimum Gasteiger partial charge on any atom is -0.374 e. The molecule has 0 spiro atoms. The molecule has 1 atom stereocenters. The van der Waals surface area contributed by atoms with Crippen LogP contribution in [0.15, 0.2) is 30.6 Å². The molecule has 6 heteroatoms. The van der Waals surface area contributed by atoms with E-state index in [9.17, 15) is 4.79 Å². The van der Waals surface area contributed by atoms with Crippen molar-refractivity contribution in [2.75, 3.05) is 25.0 Å². The zero-order valence-corrected chi connectivity index (χ0v) is 12.4. The molecule has 1 amide bonds. The number of nitrogens with zero attached hydrogens (tertiary/aromatic N) is 3. The molecular formula is C14H14BrN3O2. The molecule has 1 fully saturated rings. The van der Waals surface area contributed by atoms with Crippen molar-refractivity contribution in [2.45, 2.75) is 6.10 Å². The van der Waals surface area contributed by atoms with Crippen molar-refractivity contribution < 1.29 is 9.53 Å². The first kappa shape index (κ1) is 13.5. The van der Waals surface area contributed by atoms with Crippen molar-refractivity contribution in [3.8, 4) is 0 Å². The fourth-order valence-electron chi connectivity index (χ4n) is 2.33. The SMILES string of the molecule is O=C(c1cccc2nccnc12)N1CCOC(CBr)C1. The molecule has 1 unspecified atom stereocenters. The number of rotatable bonds is 2. The van der Waals surface area contributed by atoms with E-state index in [2.05, 4.69) is 25.9 Å². The number of hydrogen-bond donors (Lipinski definition) is 0. The minimum atomic E-state index is -0.00894. The number of halogens is 1. The van der Waals surface area contributed by atoms with Gasteiger partial charge in [0.2, 0.25) is 0 Å². The van der Waals surface area contributed by atoms with Gasteiger partial charge in [0.05, 0.1) is 23.8 Å². The van der Waals surface area contributed by atoms with E-state index < -0.39 is 0 Å². The highest BCUT2D eigenvalue weighted by atomic mass is 79.9. The smallest absolute Gasteiger partial charge is 0.256 e. The number of carbonyl (C=O) groups is 1. The number of ether oxygens (including phenoxy) is 1. The topological polar surface area (TPSA) is 55.3 Å². The predicted molar refractivity (Wildman–Crippen MR) is 79.0 cm³/mol. The summed E-state index contributed by atoms with van der Waals surface area (Å²) in [6.07, 6.45) is 3.29. The molecular weight excluding hydrogens is 322 g/mol. The summed E-state index contributed by atoms with van der Waals surface area (Å²) < 4.78 is 5.56. The number of hydrogen-bond acceptors (Lipinski definition) is 4. The molecule has 1 aliphatic rings. The van der Waals surface area contributed by atoms with Crippen molar-refractivity contribution in [1.82, 2.24) is 14.9 Å². The van der Waals surface area contributed by atoms with Crippen molar-refractivity contribution in [3.63, 3.8) is 0 Å². The van der Waals surface area contributed by atoms with Crippen LogP contribution >= 0.6 is 15.9 Å². The van der Waals surface area contributed by atoms with E-state index >= 15 is 0 Å². The van der Waals surface area contributed by atoms with Gasteiger partial charge in [0.15, 0.2) is 0 Å². The number of fused-ring (bicyclic) bond motifs is 1. The molecule has 2 heterocycles. The number of benzene rings is 1. The average Bonchev–Trinajstić information content (AvgIpc) is 2.53. The summed E-state index contributed by atoms with van der Waals surface area (Å²) in [4.78, 5) is 23.0. The highest BCUT2D eigenvalue weighted by molar-refractivity contribution is 9.09. The number of para-hydroxylation sites is 1. The summed E-state index contributed by atoms with van der Waals surface area (Å²) in [5.74, 6) is -0.00894. The summed E-state index contributed by atoms with van der Waals surface area (Å²) in [7, 11) is 0. The summed E-state index contributed by atoms with van der Waals surface area (Å²) in [6, 6.07) is 5.50. The van der Waals surface area contributed by atoms with Gasteiger partial charge in [-0.25, -0.2) is 0 Å². The van der Waals surface area contributed by atoms with Gasteiger partial charge in [0.25, 0.3) is 5.91 Å². The number of carbonyl (C=O) groups excluding carboxylic acids is 1. The highest BCUT2D eigenvalue weighted by Gasteiger charge is 2.25. The molecule has 1 aliphatic heterocycles. The number of amides is 1. The van der Waals surface area contributed by atoms with Crippen molar-refractivity contribution in [2.24, 2.45) is 0 Å². The van der Waals surface area contributed by atoms with Crippen LogP contribution in [0.25, 0.3) is 11.0 Å². The van der Waals surface area contributed by atoms with E-state index in [4.69, 9.17) is 4.74 Å². The third kappa shape index (κ3) is 2.53. The predicted octanol–water partition coefficient (Wildman–Crippen LogP) is 1.87. The Bertz CT molecular complexity index is 629. The van der Waals surface area contributed by atoms with Gasteiger partial charge >= 0.3 is 0 Å². The van der Waals surface area contributed by atoms with Crippen molar-refractivity contribution in [1.29, 1.82) is 0 Å². The Labute approximate surface area is 125 Å². The van der Waals surface area contributed by atoms with Crippen LogP contribution in [0.3, 0.4) is 0 Å². The molecule has 1 aromatic carbocycles. The van der Waals surface area contributed by atoms with Crippen LogP contribution in [0.2, 0.25) is 0 Å². The lowest BCUT2D eigenvalue weighted by molar-refractivity contribution is -0.00958. The third-order valence-electron chi connectivity index (χ3n) is 3.33. The normalized spacial score (nSPS) is 19.2.